The van der Waals surface area contributed by atoms with E-state index in [2.05, 4.69) is 5.32 Å². The number of aromatic nitrogens is 2. The van der Waals surface area contributed by atoms with Gasteiger partial charge >= 0.3 is 0 Å². The maximum absolute atomic E-state index is 13.5. The van der Waals surface area contributed by atoms with Crippen LogP contribution in [0.25, 0.3) is 11.7 Å². The Morgan fingerprint density at radius 1 is 1.21 bits per heavy atom. The van der Waals surface area contributed by atoms with Crippen LogP contribution in [0.3, 0.4) is 0 Å². The van der Waals surface area contributed by atoms with E-state index in [1.54, 1.807) is 25.4 Å². The topological polar surface area (TPSA) is 75.9 Å². The van der Waals surface area contributed by atoms with E-state index in [0.29, 0.717) is 39.4 Å². The van der Waals surface area contributed by atoms with Crippen LogP contribution in [-0.4, -0.2) is 44.8 Å². The number of aryl methyl sites for hydroxylation is 1. The molecule has 2 aromatic heterocycles. The van der Waals surface area contributed by atoms with Crippen LogP contribution in [0.5, 0.6) is 0 Å². The summed E-state index contributed by atoms with van der Waals surface area (Å²) >= 11 is 6.55. The normalized spacial score (nSPS) is 16.1. The van der Waals surface area contributed by atoms with Crippen molar-refractivity contribution in [2.45, 2.75) is 19.9 Å². The van der Waals surface area contributed by atoms with Gasteiger partial charge < -0.3 is 10.1 Å². The largest absolute Gasteiger partial charge is 0.383 e. The predicted molar refractivity (Wildman–Crippen MR) is 136 cm³/mol. The Kier molecular flexibility index (Phi) is 6.92. The fourth-order valence-electron chi connectivity index (χ4n) is 3.59. The second kappa shape index (κ2) is 9.86. The molecule has 33 heavy (non-hydrogen) atoms. The monoisotopic (exact) mass is 480 g/mol. The van der Waals surface area contributed by atoms with Crippen molar-refractivity contribution in [1.82, 2.24) is 14.3 Å². The number of thioether (sulfide) groups is 1. The lowest BCUT2D eigenvalue weighted by molar-refractivity contribution is -0.122. The number of nitrogens with one attached hydrogen (secondary N) is 1. The van der Waals surface area contributed by atoms with Crippen LogP contribution < -0.4 is 10.9 Å². The number of amides is 1. The molecule has 3 aromatic rings. The number of fused-ring (bicyclic) bond motifs is 1. The number of hydrogen-bond donors (Lipinski definition) is 1. The second-order valence-corrected chi connectivity index (χ2v) is 9.34. The van der Waals surface area contributed by atoms with E-state index in [0.717, 1.165) is 11.1 Å². The number of pyridine rings is 1. The molecule has 3 heterocycles. The molecule has 0 radical (unpaired) electrons. The van der Waals surface area contributed by atoms with Crippen molar-refractivity contribution < 1.29 is 9.53 Å². The van der Waals surface area contributed by atoms with Crippen LogP contribution in [0, 0.1) is 6.92 Å². The average Bonchev–Trinajstić information content (AvgIpc) is 3.08. The predicted octanol–water partition coefficient (Wildman–Crippen LogP) is 4.02. The first-order valence-electron chi connectivity index (χ1n) is 10.5. The number of nitrogens with zero attached hydrogens (tertiary/aromatic N) is 3. The van der Waals surface area contributed by atoms with Gasteiger partial charge in [0.2, 0.25) is 0 Å². The van der Waals surface area contributed by atoms with Crippen LogP contribution in [0.4, 0.5) is 5.82 Å². The number of rotatable bonds is 7. The molecular weight excluding hydrogens is 456 g/mol. The fraction of sp³-hybridized carbons (Fsp3) is 0.250. The van der Waals surface area contributed by atoms with E-state index >= 15 is 0 Å². The second-order valence-electron chi connectivity index (χ2n) is 7.67. The number of hydrogen-bond acceptors (Lipinski definition) is 7. The average molecular weight is 481 g/mol. The minimum absolute atomic E-state index is 0.104. The molecule has 1 N–H and O–H groups in total. The first-order valence-corrected chi connectivity index (χ1v) is 11.7. The van der Waals surface area contributed by atoms with Crippen LogP contribution in [0.15, 0.2) is 58.4 Å². The molecule has 4 rings (SSSR count). The van der Waals surface area contributed by atoms with Crippen molar-refractivity contribution in [3.63, 3.8) is 0 Å². The van der Waals surface area contributed by atoms with Gasteiger partial charge in [-0.25, -0.2) is 4.98 Å². The van der Waals surface area contributed by atoms with Gasteiger partial charge in [0.1, 0.15) is 15.8 Å². The molecule has 1 aliphatic heterocycles. The Hall–Kier alpha value is -3.01. The lowest BCUT2D eigenvalue weighted by Gasteiger charge is -2.18. The molecule has 0 spiro atoms. The molecule has 7 nitrogen and oxygen atoms in total. The summed E-state index contributed by atoms with van der Waals surface area (Å²) in [5.41, 5.74) is 2.56. The standard InChI is InChI=1S/C24H24N4O3S2/c1-15-8-7-11-27-21(15)26-20(25-16(2)17-9-5-4-6-10-17)18(22(27)29)14-19-23(30)28(12-13-31-3)24(32)33-19/h4-11,14,16,25H,12-13H2,1-3H3/b19-14-/t16-/m0/s1. The maximum atomic E-state index is 13.5. The smallest absolute Gasteiger partial charge is 0.267 e. The third-order valence-corrected chi connectivity index (χ3v) is 6.78. The number of carbonyl (C=O) groups is 1. The van der Waals surface area contributed by atoms with Gasteiger partial charge in [-0.15, -0.1) is 0 Å². The minimum atomic E-state index is -0.256. The van der Waals surface area contributed by atoms with Crippen molar-refractivity contribution in [1.29, 1.82) is 0 Å². The molecule has 170 valence electrons. The first kappa shape index (κ1) is 23.2. The van der Waals surface area contributed by atoms with E-state index in [9.17, 15) is 9.59 Å². The summed E-state index contributed by atoms with van der Waals surface area (Å²) in [6, 6.07) is 13.5. The summed E-state index contributed by atoms with van der Waals surface area (Å²) in [5, 5.41) is 3.38. The quantitative estimate of drug-likeness (QED) is 0.404. The van der Waals surface area contributed by atoms with E-state index in [1.807, 2.05) is 50.2 Å². The van der Waals surface area contributed by atoms with Gasteiger partial charge in [0.25, 0.3) is 11.5 Å². The highest BCUT2D eigenvalue weighted by Gasteiger charge is 2.32. The summed E-state index contributed by atoms with van der Waals surface area (Å²) < 4.78 is 7.03. The first-order chi connectivity index (χ1) is 15.9. The molecule has 0 saturated carbocycles. The van der Waals surface area contributed by atoms with E-state index in [-0.39, 0.29) is 17.5 Å². The zero-order chi connectivity index (χ0) is 23.5. The minimum Gasteiger partial charge on any atom is -0.383 e. The van der Waals surface area contributed by atoms with Gasteiger partial charge in [-0.2, -0.15) is 0 Å². The highest BCUT2D eigenvalue weighted by molar-refractivity contribution is 8.26. The summed E-state index contributed by atoms with van der Waals surface area (Å²) in [7, 11) is 1.57. The van der Waals surface area contributed by atoms with Gasteiger partial charge in [-0.05, 0) is 37.1 Å². The summed E-state index contributed by atoms with van der Waals surface area (Å²) in [4.78, 5) is 33.1. The summed E-state index contributed by atoms with van der Waals surface area (Å²) in [6.45, 7) is 4.65. The molecule has 9 heteroatoms. The van der Waals surface area contributed by atoms with Gasteiger partial charge in [0.05, 0.1) is 23.6 Å². The highest BCUT2D eigenvalue weighted by Crippen LogP contribution is 2.33. The van der Waals surface area contributed by atoms with Gasteiger partial charge in [-0.1, -0.05) is 60.4 Å². The molecule has 1 fully saturated rings. The molecule has 1 saturated heterocycles. The molecule has 1 aliphatic rings. The Labute approximate surface area is 201 Å². The SMILES string of the molecule is COCCN1C(=O)/C(=C/c2c(N[C@@H](C)c3ccccc3)nc3c(C)cccn3c2=O)SC1=S. The Morgan fingerprint density at radius 3 is 2.70 bits per heavy atom. The van der Waals surface area contributed by atoms with E-state index < -0.39 is 0 Å². The number of benzene rings is 1. The van der Waals surface area contributed by atoms with Gasteiger partial charge in [-0.3, -0.25) is 18.9 Å². The Bertz CT molecular complexity index is 1300. The number of methoxy groups -OCH3 is 1. The molecule has 1 atom stereocenters. The molecule has 0 bridgehead atoms. The van der Waals surface area contributed by atoms with E-state index in [1.165, 1.54) is 21.1 Å². The summed E-state index contributed by atoms with van der Waals surface area (Å²) in [5.74, 6) is 0.186. The van der Waals surface area contributed by atoms with Crippen molar-refractivity contribution in [3.05, 3.63) is 80.6 Å². The van der Waals surface area contributed by atoms with E-state index in [4.69, 9.17) is 21.9 Å². The van der Waals surface area contributed by atoms with Crippen molar-refractivity contribution in [2.24, 2.45) is 0 Å². The zero-order valence-electron chi connectivity index (χ0n) is 18.6. The highest BCUT2D eigenvalue weighted by atomic mass is 32.2. The summed E-state index contributed by atoms with van der Waals surface area (Å²) in [6.07, 6.45) is 3.28. The van der Waals surface area contributed by atoms with Crippen LogP contribution in [-0.2, 0) is 9.53 Å². The van der Waals surface area contributed by atoms with Crippen LogP contribution in [0.1, 0.15) is 29.7 Å². The molecular formula is C24H24N4O3S2. The van der Waals surface area contributed by atoms with Crippen molar-refractivity contribution in [3.8, 4) is 0 Å². The Balaban J connectivity index is 1.81. The number of anilines is 1. The number of carbonyl (C=O) groups excluding carboxylic acids is 1. The molecule has 1 aromatic carbocycles. The molecule has 1 amide bonds. The van der Waals surface area contributed by atoms with Crippen LogP contribution in [0.2, 0.25) is 0 Å². The van der Waals surface area contributed by atoms with Crippen LogP contribution >= 0.6 is 24.0 Å². The number of ether oxygens (including phenoxy) is 1. The number of thiocarbonyl (C=S) groups is 1. The Morgan fingerprint density at radius 2 is 1.97 bits per heavy atom. The third kappa shape index (κ3) is 4.71. The lowest BCUT2D eigenvalue weighted by atomic mass is 10.1. The lowest BCUT2D eigenvalue weighted by Crippen LogP contribution is -2.31. The molecule has 0 aliphatic carbocycles. The molecule has 0 unspecified atom stereocenters. The maximum Gasteiger partial charge on any atom is 0.267 e. The zero-order valence-corrected chi connectivity index (χ0v) is 20.2. The fourth-order valence-corrected chi connectivity index (χ4v) is 4.88. The third-order valence-electron chi connectivity index (χ3n) is 5.41. The van der Waals surface area contributed by atoms with Gasteiger partial charge in [0, 0.05) is 19.3 Å². The van der Waals surface area contributed by atoms with Crippen molar-refractivity contribution in [2.75, 3.05) is 25.6 Å². The van der Waals surface area contributed by atoms with Crippen molar-refractivity contribution >= 4 is 51.7 Å². The van der Waals surface area contributed by atoms with Gasteiger partial charge in [0.15, 0.2) is 0 Å².